The molecule has 1 aliphatic rings. The average molecular weight is 312 g/mol. The van der Waals surface area contributed by atoms with Gasteiger partial charge in [-0.2, -0.15) is 0 Å². The highest BCUT2D eigenvalue weighted by Crippen LogP contribution is 2.27. The van der Waals surface area contributed by atoms with Crippen LogP contribution < -0.4 is 0 Å². The predicted molar refractivity (Wildman–Crippen MR) is 86.2 cm³/mol. The van der Waals surface area contributed by atoms with Gasteiger partial charge in [0.1, 0.15) is 0 Å². The van der Waals surface area contributed by atoms with Crippen LogP contribution in [0.15, 0.2) is 65.2 Å². The lowest BCUT2D eigenvalue weighted by atomic mass is 10.1. The third-order valence-corrected chi connectivity index (χ3v) is 3.72. The first-order valence-electron chi connectivity index (χ1n) is 6.24. The molecular weight excluding hydrogens is 298 g/mol. The van der Waals surface area contributed by atoms with Gasteiger partial charge in [-0.15, -0.1) is 0 Å². The number of hydrogen-bond acceptors (Lipinski definition) is 0. The van der Waals surface area contributed by atoms with Gasteiger partial charge in [-0.1, -0.05) is 65.0 Å². The van der Waals surface area contributed by atoms with Gasteiger partial charge in [0.2, 0.25) is 0 Å². The van der Waals surface area contributed by atoms with E-state index in [1.807, 2.05) is 12.2 Å². The summed E-state index contributed by atoms with van der Waals surface area (Å²) in [6.07, 6.45) is 13.4. The molecule has 0 saturated carbocycles. The summed E-state index contributed by atoms with van der Waals surface area (Å²) in [6, 6.07) is 6.34. The minimum atomic E-state index is 0.906. The predicted octanol–water partition coefficient (Wildman–Crippen LogP) is 5.17. The van der Waals surface area contributed by atoms with Gasteiger partial charge in [0.15, 0.2) is 0 Å². The van der Waals surface area contributed by atoms with E-state index in [4.69, 9.17) is 0 Å². The monoisotopic (exact) mass is 311 g/mol. The van der Waals surface area contributed by atoms with Gasteiger partial charge < -0.3 is 4.98 Å². The molecule has 19 heavy (non-hydrogen) atoms. The molecule has 1 heterocycles. The van der Waals surface area contributed by atoms with Gasteiger partial charge in [0.05, 0.1) is 0 Å². The largest absolute Gasteiger partial charge is 0.358 e. The lowest BCUT2D eigenvalue weighted by Crippen LogP contribution is -1.85. The van der Waals surface area contributed by atoms with E-state index in [0.29, 0.717) is 0 Å². The van der Waals surface area contributed by atoms with Crippen LogP contribution in [-0.2, 0) is 6.42 Å². The number of aromatic amines is 1. The van der Waals surface area contributed by atoms with Crippen molar-refractivity contribution in [2.45, 2.75) is 6.42 Å². The van der Waals surface area contributed by atoms with Crippen LogP contribution in [0.4, 0.5) is 0 Å². The highest BCUT2D eigenvalue weighted by molar-refractivity contribution is 9.10. The summed E-state index contributed by atoms with van der Waals surface area (Å²) in [5.41, 5.74) is 4.66. The Balaban J connectivity index is 2.21. The molecule has 1 aromatic carbocycles. The minimum absolute atomic E-state index is 0.906. The van der Waals surface area contributed by atoms with E-state index < -0.39 is 0 Å². The fraction of sp³-hybridized carbons (Fsp3) is 0.0588. The van der Waals surface area contributed by atoms with E-state index >= 15 is 0 Å². The zero-order valence-electron chi connectivity index (χ0n) is 10.5. The number of aromatic nitrogens is 1. The number of nitrogens with one attached hydrogen (secondary N) is 1. The highest BCUT2D eigenvalue weighted by atomic mass is 79.9. The number of halogens is 1. The molecule has 2 aromatic rings. The van der Waals surface area contributed by atoms with E-state index in [-0.39, 0.29) is 0 Å². The van der Waals surface area contributed by atoms with Crippen LogP contribution >= 0.6 is 15.9 Å². The van der Waals surface area contributed by atoms with Crippen molar-refractivity contribution in [3.8, 4) is 0 Å². The molecule has 0 spiro atoms. The smallest absolute Gasteiger partial charge is 0.0473 e. The fourth-order valence-electron chi connectivity index (χ4n) is 2.29. The molecule has 1 nitrogen and oxygen atoms in total. The summed E-state index contributed by atoms with van der Waals surface area (Å²) in [5, 5.41) is 1.25. The Morgan fingerprint density at radius 3 is 2.89 bits per heavy atom. The van der Waals surface area contributed by atoms with Crippen molar-refractivity contribution in [2.75, 3.05) is 0 Å². The first kappa shape index (κ1) is 12.2. The standard InChI is InChI=1S/C17H14BrN/c1-12-5-3-2-4-6-16-14(9-7-12)15-10-8-13(18)11-17(15)19-16/h2-5,7-11,19H,1,6H2/b4-2-,5-3-,9-7-. The van der Waals surface area contributed by atoms with Crippen molar-refractivity contribution in [1.29, 1.82) is 0 Å². The average Bonchev–Trinajstić information content (AvgIpc) is 2.73. The van der Waals surface area contributed by atoms with E-state index in [2.05, 4.69) is 70.0 Å². The van der Waals surface area contributed by atoms with E-state index in [1.165, 1.54) is 16.6 Å². The Morgan fingerprint density at radius 2 is 2.00 bits per heavy atom. The maximum atomic E-state index is 4.01. The molecule has 1 N–H and O–H groups in total. The third-order valence-electron chi connectivity index (χ3n) is 3.23. The number of benzene rings is 1. The first-order chi connectivity index (χ1) is 9.24. The van der Waals surface area contributed by atoms with Gasteiger partial charge in [0.25, 0.3) is 0 Å². The van der Waals surface area contributed by atoms with Crippen LogP contribution in [0.1, 0.15) is 11.3 Å². The Bertz CT molecular complexity index is 729. The van der Waals surface area contributed by atoms with E-state index in [9.17, 15) is 0 Å². The van der Waals surface area contributed by atoms with Crippen molar-refractivity contribution in [3.05, 3.63) is 76.5 Å². The van der Waals surface area contributed by atoms with Crippen molar-refractivity contribution < 1.29 is 0 Å². The molecule has 3 rings (SSSR count). The second-order valence-corrected chi connectivity index (χ2v) is 5.52. The summed E-state index contributed by atoms with van der Waals surface area (Å²) in [7, 11) is 0. The normalized spacial score (nSPS) is 19.9. The van der Waals surface area contributed by atoms with Crippen LogP contribution in [0.3, 0.4) is 0 Å². The van der Waals surface area contributed by atoms with Crippen LogP contribution in [-0.4, -0.2) is 4.98 Å². The maximum absolute atomic E-state index is 4.01. The molecule has 2 heteroatoms. The number of hydrogen-bond donors (Lipinski definition) is 1. The molecule has 0 unspecified atom stereocenters. The zero-order valence-corrected chi connectivity index (χ0v) is 12.1. The molecule has 0 fully saturated rings. The van der Waals surface area contributed by atoms with E-state index in [0.717, 1.165) is 22.0 Å². The summed E-state index contributed by atoms with van der Waals surface area (Å²) in [4.78, 5) is 3.50. The minimum Gasteiger partial charge on any atom is -0.358 e. The lowest BCUT2D eigenvalue weighted by Gasteiger charge is -1.99. The zero-order chi connectivity index (χ0) is 13.2. The van der Waals surface area contributed by atoms with Crippen molar-refractivity contribution in [3.63, 3.8) is 0 Å². The summed E-state index contributed by atoms with van der Waals surface area (Å²) in [5.74, 6) is 0. The molecule has 1 aliphatic carbocycles. The quantitative estimate of drug-likeness (QED) is 0.691. The van der Waals surface area contributed by atoms with Crippen molar-refractivity contribution in [1.82, 2.24) is 4.98 Å². The molecule has 0 atom stereocenters. The van der Waals surface area contributed by atoms with Gasteiger partial charge in [0, 0.05) is 33.1 Å². The highest BCUT2D eigenvalue weighted by Gasteiger charge is 2.08. The second-order valence-electron chi connectivity index (χ2n) is 4.61. The van der Waals surface area contributed by atoms with Crippen LogP contribution in [0.5, 0.6) is 0 Å². The third kappa shape index (κ3) is 2.49. The van der Waals surface area contributed by atoms with Crippen LogP contribution in [0, 0.1) is 0 Å². The summed E-state index contributed by atoms with van der Waals surface area (Å²) >= 11 is 3.51. The van der Waals surface area contributed by atoms with E-state index in [1.54, 1.807) is 0 Å². The molecule has 0 radical (unpaired) electrons. The molecule has 0 aliphatic heterocycles. The number of H-pyrrole nitrogens is 1. The van der Waals surface area contributed by atoms with Crippen LogP contribution in [0.2, 0.25) is 0 Å². The number of fused-ring (bicyclic) bond motifs is 3. The van der Waals surface area contributed by atoms with Gasteiger partial charge in [-0.25, -0.2) is 0 Å². The first-order valence-corrected chi connectivity index (χ1v) is 7.03. The summed E-state index contributed by atoms with van der Waals surface area (Å²) in [6.45, 7) is 4.01. The number of rotatable bonds is 0. The second kappa shape index (κ2) is 5.06. The Morgan fingerprint density at radius 1 is 1.11 bits per heavy atom. The summed E-state index contributed by atoms with van der Waals surface area (Å²) < 4.78 is 1.09. The fourth-order valence-corrected chi connectivity index (χ4v) is 2.65. The molecule has 94 valence electrons. The Labute approximate surface area is 121 Å². The van der Waals surface area contributed by atoms with Gasteiger partial charge in [-0.05, 0) is 17.7 Å². The van der Waals surface area contributed by atoms with Crippen molar-refractivity contribution >= 4 is 32.9 Å². The van der Waals surface area contributed by atoms with Crippen molar-refractivity contribution in [2.24, 2.45) is 0 Å². The van der Waals surface area contributed by atoms with Gasteiger partial charge >= 0.3 is 0 Å². The molecule has 0 amide bonds. The molecule has 1 aromatic heterocycles. The molecular formula is C17H14BrN. The maximum Gasteiger partial charge on any atom is 0.0473 e. The Hall–Kier alpha value is -1.80. The van der Waals surface area contributed by atoms with Gasteiger partial charge in [-0.3, -0.25) is 0 Å². The molecule has 0 bridgehead atoms. The molecule has 0 saturated heterocycles. The number of allylic oxidation sites excluding steroid dienone is 6. The SMILES string of the molecule is C=C1/C=C\C=C/Cc2[nH]c3cc(Br)ccc3c2/C=C\1. The Kier molecular flexibility index (Phi) is 3.26. The van der Waals surface area contributed by atoms with Crippen LogP contribution in [0.25, 0.3) is 17.0 Å². The lowest BCUT2D eigenvalue weighted by molar-refractivity contribution is 1.16. The topological polar surface area (TPSA) is 15.8 Å².